The van der Waals surface area contributed by atoms with Gasteiger partial charge in [-0.15, -0.1) is 0 Å². The fourth-order valence-electron chi connectivity index (χ4n) is 3.04. The summed E-state index contributed by atoms with van der Waals surface area (Å²) in [6, 6.07) is 12.0. The van der Waals surface area contributed by atoms with Crippen LogP contribution in [0.25, 0.3) is 0 Å². The van der Waals surface area contributed by atoms with Crippen LogP contribution in [-0.4, -0.2) is 16.3 Å². The number of carbonyl (C=O) groups excluding carboxylic acids is 2. The molecule has 4 nitrogen and oxygen atoms in total. The molecule has 2 atom stereocenters. The summed E-state index contributed by atoms with van der Waals surface area (Å²) in [6.45, 7) is 0. The highest BCUT2D eigenvalue weighted by Gasteiger charge is 2.48. The largest absolute Gasteiger partial charge is 0.508 e. The maximum Gasteiger partial charge on any atom is 0.233 e. The van der Waals surface area contributed by atoms with Gasteiger partial charge in [0.05, 0.1) is 12.0 Å². The monoisotopic (exact) mass is 347 g/mol. The van der Waals surface area contributed by atoms with Crippen molar-refractivity contribution in [1.82, 2.24) is 0 Å². The summed E-state index contributed by atoms with van der Waals surface area (Å²) >= 11 is 5.40. The van der Waals surface area contributed by atoms with E-state index in [-0.39, 0.29) is 35.9 Å². The molecule has 2 aromatic rings. The molecule has 2 aromatic carbocycles. The van der Waals surface area contributed by atoms with Crippen LogP contribution in [0.4, 0.5) is 10.1 Å². The van der Waals surface area contributed by atoms with Gasteiger partial charge in [-0.25, -0.2) is 4.39 Å². The maximum atomic E-state index is 13.1. The van der Waals surface area contributed by atoms with Crippen LogP contribution in [-0.2, 0) is 9.59 Å². The lowest BCUT2D eigenvalue weighted by Gasteiger charge is -2.47. The lowest BCUT2D eigenvalue weighted by atomic mass is 9.79. The number of nitrogens with zero attached hydrogens (tertiary/aromatic N) is 1. The predicted molar refractivity (Wildman–Crippen MR) is 88.3 cm³/mol. The summed E-state index contributed by atoms with van der Waals surface area (Å²) in [5.41, 5.74) is 1.43. The third kappa shape index (κ3) is 3.12. The van der Waals surface area contributed by atoms with E-state index in [4.69, 9.17) is 11.6 Å². The van der Waals surface area contributed by atoms with Gasteiger partial charge in [0, 0.05) is 12.1 Å². The van der Waals surface area contributed by atoms with Crippen LogP contribution in [0.2, 0.25) is 0 Å². The van der Waals surface area contributed by atoms with Crippen LogP contribution in [0.15, 0.2) is 48.5 Å². The number of carbonyl (C=O) groups is 2. The quantitative estimate of drug-likeness (QED) is 0.661. The van der Waals surface area contributed by atoms with E-state index in [9.17, 15) is 19.1 Å². The van der Waals surface area contributed by atoms with E-state index in [2.05, 4.69) is 0 Å². The third-order valence-corrected chi connectivity index (χ3v) is 4.39. The first-order chi connectivity index (χ1) is 11.5. The second kappa shape index (κ2) is 6.61. The van der Waals surface area contributed by atoms with Crippen LogP contribution < -0.4 is 4.90 Å². The minimum absolute atomic E-state index is 0.115. The SMILES string of the molecule is O=C(Cl)CC[C@H]1C(=O)N(c2ccc(F)cc2)[C@@H]1c1ccc(O)cc1. The van der Waals surface area contributed by atoms with Crippen molar-refractivity contribution in [3.05, 3.63) is 59.9 Å². The molecular formula is C18H15ClFNO3. The molecule has 1 N–H and O–H groups in total. The van der Waals surface area contributed by atoms with Gasteiger partial charge >= 0.3 is 0 Å². The van der Waals surface area contributed by atoms with Gasteiger partial charge in [-0.1, -0.05) is 12.1 Å². The number of benzene rings is 2. The van der Waals surface area contributed by atoms with Crippen molar-refractivity contribution in [1.29, 1.82) is 0 Å². The Kier molecular flexibility index (Phi) is 4.53. The lowest BCUT2D eigenvalue weighted by Crippen LogP contribution is -2.55. The summed E-state index contributed by atoms with van der Waals surface area (Å²) in [5.74, 6) is -0.748. The molecule has 1 saturated heterocycles. The van der Waals surface area contributed by atoms with Crippen LogP contribution in [0, 0.1) is 11.7 Å². The number of aromatic hydroxyl groups is 1. The standard InChI is InChI=1S/C18H15ClFNO3/c19-16(23)10-9-15-17(11-1-7-14(22)8-2-11)21(18(15)24)13-5-3-12(20)4-6-13/h1-8,15,17,22H,9-10H2/t15-,17-/m1/s1. The van der Waals surface area contributed by atoms with Gasteiger partial charge in [0.1, 0.15) is 11.6 Å². The number of amides is 1. The zero-order valence-electron chi connectivity index (χ0n) is 12.7. The summed E-state index contributed by atoms with van der Waals surface area (Å²) < 4.78 is 13.1. The molecule has 3 rings (SSSR count). The maximum absolute atomic E-state index is 13.1. The summed E-state index contributed by atoms with van der Waals surface area (Å²) in [6.07, 6.45) is 0.466. The third-order valence-electron chi connectivity index (χ3n) is 4.21. The molecule has 0 aliphatic carbocycles. The minimum Gasteiger partial charge on any atom is -0.508 e. The van der Waals surface area contributed by atoms with Crippen molar-refractivity contribution in [3.63, 3.8) is 0 Å². The van der Waals surface area contributed by atoms with E-state index in [0.29, 0.717) is 12.1 Å². The highest BCUT2D eigenvalue weighted by atomic mass is 35.5. The number of hydrogen-bond donors (Lipinski definition) is 1. The molecule has 1 aliphatic heterocycles. The van der Waals surface area contributed by atoms with Crippen LogP contribution in [0.1, 0.15) is 24.4 Å². The van der Waals surface area contributed by atoms with Gasteiger partial charge < -0.3 is 10.0 Å². The van der Waals surface area contributed by atoms with Crippen LogP contribution in [0.3, 0.4) is 0 Å². The second-order valence-corrected chi connectivity index (χ2v) is 6.14. The molecule has 0 radical (unpaired) electrons. The number of phenols is 1. The molecule has 124 valence electrons. The Hall–Kier alpha value is -2.40. The van der Waals surface area contributed by atoms with E-state index in [0.717, 1.165) is 5.56 Å². The lowest BCUT2D eigenvalue weighted by molar-refractivity contribution is -0.131. The van der Waals surface area contributed by atoms with E-state index in [1.807, 2.05) is 0 Å². The molecule has 24 heavy (non-hydrogen) atoms. The normalized spacial score (nSPS) is 19.9. The van der Waals surface area contributed by atoms with Crippen molar-refractivity contribution in [2.45, 2.75) is 18.9 Å². The Balaban J connectivity index is 1.92. The number of phenolic OH excluding ortho intramolecular Hbond substituents is 1. The number of hydrogen-bond acceptors (Lipinski definition) is 3. The molecule has 0 aromatic heterocycles. The van der Waals surface area contributed by atoms with Gasteiger partial charge in [-0.3, -0.25) is 9.59 Å². The first-order valence-corrected chi connectivity index (χ1v) is 7.91. The zero-order chi connectivity index (χ0) is 17.3. The molecule has 1 fully saturated rings. The van der Waals surface area contributed by atoms with Crippen molar-refractivity contribution < 1.29 is 19.1 Å². The van der Waals surface area contributed by atoms with Gasteiger partial charge in [-0.05, 0) is 60.0 Å². The molecule has 0 bridgehead atoms. The Morgan fingerprint density at radius 2 is 1.75 bits per heavy atom. The fourth-order valence-corrected chi connectivity index (χ4v) is 3.15. The average molecular weight is 348 g/mol. The number of rotatable bonds is 5. The first kappa shape index (κ1) is 16.5. The smallest absolute Gasteiger partial charge is 0.233 e. The van der Waals surface area contributed by atoms with Gasteiger partial charge in [-0.2, -0.15) is 0 Å². The van der Waals surface area contributed by atoms with Crippen molar-refractivity contribution in [3.8, 4) is 5.75 Å². The van der Waals surface area contributed by atoms with Gasteiger partial charge in [0.15, 0.2) is 0 Å². The Bertz CT molecular complexity index is 761. The van der Waals surface area contributed by atoms with Gasteiger partial charge in [0.2, 0.25) is 11.1 Å². The fraction of sp³-hybridized carbons (Fsp3) is 0.222. The molecule has 0 saturated carbocycles. The van der Waals surface area contributed by atoms with Crippen LogP contribution in [0.5, 0.6) is 5.75 Å². The minimum atomic E-state index is -0.479. The molecule has 0 unspecified atom stereocenters. The number of anilines is 1. The summed E-state index contributed by atoms with van der Waals surface area (Å²) in [5, 5.41) is 8.97. The Labute approximate surface area is 143 Å². The Morgan fingerprint density at radius 3 is 2.33 bits per heavy atom. The Morgan fingerprint density at radius 1 is 1.12 bits per heavy atom. The van der Waals surface area contributed by atoms with E-state index < -0.39 is 5.24 Å². The average Bonchev–Trinajstić information content (AvgIpc) is 2.55. The van der Waals surface area contributed by atoms with Gasteiger partial charge in [0.25, 0.3) is 0 Å². The highest BCUT2D eigenvalue weighted by Crippen LogP contribution is 2.45. The van der Waals surface area contributed by atoms with E-state index >= 15 is 0 Å². The van der Waals surface area contributed by atoms with E-state index in [1.54, 1.807) is 41.3 Å². The predicted octanol–water partition coefficient (Wildman–Crippen LogP) is 3.78. The summed E-state index contributed by atoms with van der Waals surface area (Å²) in [4.78, 5) is 25.2. The van der Waals surface area contributed by atoms with Crippen molar-refractivity contribution in [2.24, 2.45) is 5.92 Å². The summed E-state index contributed by atoms with van der Waals surface area (Å²) in [7, 11) is 0. The zero-order valence-corrected chi connectivity index (χ0v) is 13.4. The number of β-lactam (4-membered cyclic amide) rings is 1. The second-order valence-electron chi connectivity index (χ2n) is 5.72. The highest BCUT2D eigenvalue weighted by molar-refractivity contribution is 6.63. The van der Waals surface area contributed by atoms with Crippen molar-refractivity contribution in [2.75, 3.05) is 4.90 Å². The first-order valence-electron chi connectivity index (χ1n) is 7.53. The molecule has 0 spiro atoms. The van der Waals surface area contributed by atoms with Crippen LogP contribution >= 0.6 is 11.6 Å². The molecule has 1 aliphatic rings. The molecule has 6 heteroatoms. The van der Waals surface area contributed by atoms with Crippen molar-refractivity contribution >= 4 is 28.4 Å². The topological polar surface area (TPSA) is 57.6 Å². The molecule has 1 amide bonds. The molecular weight excluding hydrogens is 333 g/mol. The number of halogens is 2. The molecule has 1 heterocycles. The van der Waals surface area contributed by atoms with E-state index in [1.165, 1.54) is 12.1 Å².